The molecule has 1 heterocycles. The number of hydrogen-bond acceptors (Lipinski definition) is 4. The lowest BCUT2D eigenvalue weighted by Crippen LogP contribution is -2.31. The Balaban J connectivity index is 0.00000242. The van der Waals surface area contributed by atoms with E-state index in [1.165, 1.54) is 19.2 Å². The first-order valence-electron chi connectivity index (χ1n) is 6.72. The summed E-state index contributed by atoms with van der Waals surface area (Å²) in [5.41, 5.74) is 6.90. The van der Waals surface area contributed by atoms with Crippen LogP contribution in [0.5, 0.6) is 0 Å². The summed E-state index contributed by atoms with van der Waals surface area (Å²) in [6.45, 7) is 2.37. The third-order valence-corrected chi connectivity index (χ3v) is 3.45. The molecule has 22 heavy (non-hydrogen) atoms. The summed E-state index contributed by atoms with van der Waals surface area (Å²) in [4.78, 5) is 11.8. The van der Waals surface area contributed by atoms with Crippen molar-refractivity contribution in [2.24, 2.45) is 5.73 Å². The highest BCUT2D eigenvalue weighted by atomic mass is 35.5. The number of carbonyl (C=O) groups excluding carboxylic acids is 1. The molecule has 2 aromatic rings. The first-order valence-corrected chi connectivity index (χ1v) is 6.72. The van der Waals surface area contributed by atoms with Crippen molar-refractivity contribution in [3.63, 3.8) is 0 Å². The average molecular weight is 331 g/mol. The largest absolute Gasteiger partial charge is 0.459 e. The molecule has 2 rings (SSSR count). The van der Waals surface area contributed by atoms with Crippen molar-refractivity contribution < 1.29 is 18.3 Å². The second-order valence-electron chi connectivity index (χ2n) is 4.86. The Bertz CT molecular complexity index is 641. The molecule has 1 unspecified atom stereocenters. The second kappa shape index (κ2) is 8.12. The lowest BCUT2D eigenvalue weighted by atomic mass is 10.1. The van der Waals surface area contributed by atoms with Crippen LogP contribution in [0.15, 0.2) is 22.6 Å². The fraction of sp³-hybridized carbons (Fsp3) is 0.400. The van der Waals surface area contributed by atoms with Gasteiger partial charge in [-0.15, -0.1) is 12.4 Å². The van der Waals surface area contributed by atoms with Crippen LogP contribution < -0.4 is 11.1 Å². The maximum Gasteiger partial charge on any atom is 0.223 e. The molecule has 0 aliphatic rings. The molecule has 0 saturated carbocycles. The summed E-state index contributed by atoms with van der Waals surface area (Å²) in [5, 5.41) is 3.47. The molecule has 5 nitrogen and oxygen atoms in total. The standard InChI is InChI=1S/C15H19FN2O3.ClH/c1-9-12-5-10(16)3-4-13(12)21-14(9)8-18-15(19)6-11(7-17)20-2;/h3-5,11H,6-8,17H2,1-2H3,(H,18,19);1H. The minimum absolute atomic E-state index is 0. The van der Waals surface area contributed by atoms with Gasteiger partial charge in [-0.2, -0.15) is 0 Å². The molecule has 0 saturated heterocycles. The number of amides is 1. The molecule has 1 amide bonds. The van der Waals surface area contributed by atoms with Gasteiger partial charge in [0.15, 0.2) is 0 Å². The Kier molecular flexibility index (Phi) is 6.80. The predicted octanol–water partition coefficient (Wildman–Crippen LogP) is 2.28. The van der Waals surface area contributed by atoms with Gasteiger partial charge in [-0.3, -0.25) is 4.79 Å². The number of hydrogen-bond donors (Lipinski definition) is 2. The number of furan rings is 1. The van der Waals surface area contributed by atoms with Crippen LogP contribution in [0.4, 0.5) is 4.39 Å². The molecule has 0 aliphatic heterocycles. The third-order valence-electron chi connectivity index (χ3n) is 3.45. The van der Waals surface area contributed by atoms with Crippen LogP contribution in [-0.2, 0) is 16.1 Å². The van der Waals surface area contributed by atoms with Gasteiger partial charge in [0.1, 0.15) is 17.2 Å². The number of nitrogens with two attached hydrogens (primary N) is 1. The number of fused-ring (bicyclic) bond motifs is 1. The molecule has 0 radical (unpaired) electrons. The van der Waals surface area contributed by atoms with Crippen LogP contribution in [0, 0.1) is 12.7 Å². The topological polar surface area (TPSA) is 77.5 Å². The fourth-order valence-electron chi connectivity index (χ4n) is 2.13. The maximum atomic E-state index is 13.2. The van der Waals surface area contributed by atoms with Crippen LogP contribution in [-0.4, -0.2) is 25.7 Å². The molecule has 0 fully saturated rings. The van der Waals surface area contributed by atoms with Gasteiger partial charge in [-0.05, 0) is 25.1 Å². The Labute approximate surface area is 134 Å². The van der Waals surface area contributed by atoms with E-state index in [0.29, 0.717) is 11.3 Å². The van der Waals surface area contributed by atoms with Gasteiger partial charge < -0.3 is 20.2 Å². The van der Waals surface area contributed by atoms with Crippen LogP contribution in [0.1, 0.15) is 17.7 Å². The summed E-state index contributed by atoms with van der Waals surface area (Å²) >= 11 is 0. The van der Waals surface area contributed by atoms with Crippen LogP contribution in [0.25, 0.3) is 11.0 Å². The van der Waals surface area contributed by atoms with Crippen LogP contribution >= 0.6 is 12.4 Å². The Morgan fingerprint density at radius 3 is 2.86 bits per heavy atom. The van der Waals surface area contributed by atoms with E-state index in [-0.39, 0.29) is 49.7 Å². The van der Waals surface area contributed by atoms with Crippen LogP contribution in [0.3, 0.4) is 0 Å². The fourth-order valence-corrected chi connectivity index (χ4v) is 2.13. The first kappa shape index (κ1) is 18.4. The summed E-state index contributed by atoms with van der Waals surface area (Å²) in [7, 11) is 1.52. The van der Waals surface area contributed by atoms with Crippen molar-refractivity contribution in [2.75, 3.05) is 13.7 Å². The number of benzene rings is 1. The lowest BCUT2D eigenvalue weighted by molar-refractivity contribution is -0.123. The summed E-state index contributed by atoms with van der Waals surface area (Å²) in [6, 6.07) is 4.35. The minimum Gasteiger partial charge on any atom is -0.459 e. The number of halogens is 2. The zero-order chi connectivity index (χ0) is 15.4. The molecular weight excluding hydrogens is 311 g/mol. The van der Waals surface area contributed by atoms with Gasteiger partial charge in [-0.1, -0.05) is 0 Å². The van der Waals surface area contributed by atoms with E-state index in [0.717, 1.165) is 10.9 Å². The van der Waals surface area contributed by atoms with Crippen molar-refractivity contribution in [3.8, 4) is 0 Å². The quantitative estimate of drug-likeness (QED) is 0.852. The Morgan fingerprint density at radius 2 is 2.23 bits per heavy atom. The molecular formula is C15H20ClFN2O3. The lowest BCUT2D eigenvalue weighted by Gasteiger charge is -2.12. The van der Waals surface area contributed by atoms with Crippen molar-refractivity contribution >= 4 is 29.3 Å². The maximum absolute atomic E-state index is 13.2. The van der Waals surface area contributed by atoms with E-state index >= 15 is 0 Å². The second-order valence-corrected chi connectivity index (χ2v) is 4.86. The number of ether oxygens (including phenoxy) is 1. The van der Waals surface area contributed by atoms with E-state index in [1.54, 1.807) is 6.07 Å². The van der Waals surface area contributed by atoms with E-state index < -0.39 is 0 Å². The molecule has 1 atom stereocenters. The SMILES string of the molecule is COC(CN)CC(=O)NCc1oc2ccc(F)cc2c1C.Cl. The number of rotatable bonds is 6. The highest BCUT2D eigenvalue weighted by Gasteiger charge is 2.14. The third kappa shape index (κ3) is 4.19. The normalized spacial score (nSPS) is 12.0. The van der Waals surface area contributed by atoms with Gasteiger partial charge in [-0.25, -0.2) is 4.39 Å². The predicted molar refractivity (Wildman–Crippen MR) is 84.5 cm³/mol. The molecule has 7 heteroatoms. The van der Waals surface area contributed by atoms with Crippen molar-refractivity contribution in [3.05, 3.63) is 35.3 Å². The molecule has 122 valence electrons. The summed E-state index contributed by atoms with van der Waals surface area (Å²) < 4.78 is 23.9. The van der Waals surface area contributed by atoms with Gasteiger partial charge >= 0.3 is 0 Å². The van der Waals surface area contributed by atoms with Crippen molar-refractivity contribution in [1.82, 2.24) is 5.32 Å². The van der Waals surface area contributed by atoms with Crippen LogP contribution in [0.2, 0.25) is 0 Å². The van der Waals surface area contributed by atoms with Gasteiger partial charge in [0, 0.05) is 24.6 Å². The number of aryl methyl sites for hydroxylation is 1. The number of methoxy groups -OCH3 is 1. The Morgan fingerprint density at radius 1 is 1.50 bits per heavy atom. The number of carbonyl (C=O) groups is 1. The zero-order valence-electron chi connectivity index (χ0n) is 12.5. The first-order chi connectivity index (χ1) is 10.0. The zero-order valence-corrected chi connectivity index (χ0v) is 13.3. The minimum atomic E-state index is -0.312. The van der Waals surface area contributed by atoms with Crippen molar-refractivity contribution in [1.29, 1.82) is 0 Å². The molecule has 0 spiro atoms. The molecule has 0 bridgehead atoms. The molecule has 0 aliphatic carbocycles. The molecule has 3 N–H and O–H groups in total. The molecule has 1 aromatic heterocycles. The summed E-state index contributed by atoms with van der Waals surface area (Å²) in [6.07, 6.45) is -0.100. The van der Waals surface area contributed by atoms with Crippen molar-refractivity contribution in [2.45, 2.75) is 26.0 Å². The highest BCUT2D eigenvalue weighted by Crippen LogP contribution is 2.25. The van der Waals surface area contributed by atoms with Gasteiger partial charge in [0.05, 0.1) is 19.1 Å². The number of nitrogens with one attached hydrogen (secondary N) is 1. The van der Waals surface area contributed by atoms with E-state index in [2.05, 4.69) is 5.32 Å². The van der Waals surface area contributed by atoms with E-state index in [9.17, 15) is 9.18 Å². The average Bonchev–Trinajstić information content (AvgIpc) is 2.79. The highest BCUT2D eigenvalue weighted by molar-refractivity contribution is 5.85. The van der Waals surface area contributed by atoms with Gasteiger partial charge in [0.25, 0.3) is 0 Å². The van der Waals surface area contributed by atoms with Gasteiger partial charge in [0.2, 0.25) is 5.91 Å². The Hall–Kier alpha value is -1.63. The van der Waals surface area contributed by atoms with E-state index in [4.69, 9.17) is 14.9 Å². The van der Waals surface area contributed by atoms with E-state index in [1.807, 2.05) is 6.92 Å². The summed E-state index contributed by atoms with van der Waals surface area (Å²) in [5.74, 6) is 0.136. The monoisotopic (exact) mass is 330 g/mol. The molecule has 1 aromatic carbocycles. The smallest absolute Gasteiger partial charge is 0.223 e.